The van der Waals surface area contributed by atoms with E-state index < -0.39 is 0 Å². The van der Waals surface area contributed by atoms with Crippen LogP contribution in [0.2, 0.25) is 0 Å². The molecule has 0 aromatic carbocycles. The number of thioether (sulfide) groups is 1. The standard InChI is InChI=1S/C22H26N4O3S3/c1-4-14-10-13(11-30-14)19-24-25-22(26(19)2)31-12-17(27)23-20-18(21(28)29-3)15-8-6-5-7-9-16(15)32-20/h10-11H,4-9,12H2,1-3H3,(H,23,27). The summed E-state index contributed by atoms with van der Waals surface area (Å²) in [5.41, 5.74) is 2.61. The summed E-state index contributed by atoms with van der Waals surface area (Å²) in [5.74, 6) is 0.412. The average molecular weight is 491 g/mol. The highest BCUT2D eigenvalue weighted by atomic mass is 32.2. The second-order valence-electron chi connectivity index (χ2n) is 7.62. The molecule has 7 nitrogen and oxygen atoms in total. The molecule has 0 fully saturated rings. The third kappa shape index (κ3) is 4.77. The van der Waals surface area contributed by atoms with E-state index in [1.165, 1.54) is 40.0 Å². The predicted molar refractivity (Wildman–Crippen MR) is 130 cm³/mol. The Hall–Kier alpha value is -2.17. The summed E-state index contributed by atoms with van der Waals surface area (Å²) in [4.78, 5) is 27.7. The Balaban J connectivity index is 1.45. The highest BCUT2D eigenvalue weighted by Crippen LogP contribution is 2.38. The Labute approximate surface area is 199 Å². The molecule has 0 unspecified atom stereocenters. The second kappa shape index (κ2) is 10.2. The number of carbonyl (C=O) groups excluding carboxylic acids is 2. The van der Waals surface area contributed by atoms with E-state index in [2.05, 4.69) is 33.9 Å². The number of carbonyl (C=O) groups is 2. The number of nitrogens with zero attached hydrogens (tertiary/aromatic N) is 3. The van der Waals surface area contributed by atoms with Crippen LogP contribution in [0.1, 0.15) is 51.9 Å². The molecular weight excluding hydrogens is 464 g/mol. The van der Waals surface area contributed by atoms with Gasteiger partial charge in [0.05, 0.1) is 18.4 Å². The zero-order valence-electron chi connectivity index (χ0n) is 18.4. The van der Waals surface area contributed by atoms with Crippen molar-refractivity contribution in [2.75, 3.05) is 18.2 Å². The molecule has 0 radical (unpaired) electrons. The van der Waals surface area contributed by atoms with Crippen LogP contribution in [0.3, 0.4) is 0 Å². The lowest BCUT2D eigenvalue weighted by Gasteiger charge is -2.07. The first-order valence-corrected chi connectivity index (χ1v) is 13.3. The summed E-state index contributed by atoms with van der Waals surface area (Å²) < 4.78 is 6.92. The number of aryl methyl sites for hydroxylation is 2. The summed E-state index contributed by atoms with van der Waals surface area (Å²) >= 11 is 4.54. The number of hydrogen-bond donors (Lipinski definition) is 1. The molecule has 0 spiro atoms. The normalized spacial score (nSPS) is 13.5. The van der Waals surface area contributed by atoms with Gasteiger partial charge in [0.1, 0.15) is 5.00 Å². The number of hydrogen-bond acceptors (Lipinski definition) is 8. The van der Waals surface area contributed by atoms with Gasteiger partial charge in [-0.1, -0.05) is 25.1 Å². The lowest BCUT2D eigenvalue weighted by molar-refractivity contribution is -0.113. The van der Waals surface area contributed by atoms with Gasteiger partial charge in [-0.05, 0) is 43.7 Å². The molecule has 0 bridgehead atoms. The van der Waals surface area contributed by atoms with Crippen molar-refractivity contribution in [3.8, 4) is 11.4 Å². The summed E-state index contributed by atoms with van der Waals surface area (Å²) in [6.45, 7) is 2.13. The third-order valence-electron chi connectivity index (χ3n) is 5.49. The van der Waals surface area contributed by atoms with E-state index in [0.717, 1.165) is 55.5 Å². The zero-order chi connectivity index (χ0) is 22.7. The number of thiophene rings is 2. The summed E-state index contributed by atoms with van der Waals surface area (Å²) in [5, 5.41) is 14.9. The number of methoxy groups -OCH3 is 1. The van der Waals surface area contributed by atoms with Gasteiger partial charge in [0.15, 0.2) is 11.0 Å². The van der Waals surface area contributed by atoms with Gasteiger partial charge < -0.3 is 14.6 Å². The number of nitrogens with one attached hydrogen (secondary N) is 1. The van der Waals surface area contributed by atoms with Gasteiger partial charge in [-0.25, -0.2) is 4.79 Å². The third-order valence-corrected chi connectivity index (χ3v) is 8.80. The van der Waals surface area contributed by atoms with Gasteiger partial charge in [-0.15, -0.1) is 32.9 Å². The van der Waals surface area contributed by atoms with Crippen LogP contribution in [0.15, 0.2) is 16.6 Å². The summed E-state index contributed by atoms with van der Waals surface area (Å²) in [7, 11) is 3.29. The highest BCUT2D eigenvalue weighted by Gasteiger charge is 2.26. The maximum Gasteiger partial charge on any atom is 0.341 e. The van der Waals surface area contributed by atoms with E-state index >= 15 is 0 Å². The molecule has 10 heteroatoms. The molecule has 1 N–H and O–H groups in total. The molecule has 1 aliphatic carbocycles. The molecule has 0 aliphatic heterocycles. The first-order chi connectivity index (χ1) is 15.5. The second-order valence-corrected chi connectivity index (χ2v) is 10.7. The first kappa shape index (κ1) is 23.0. The zero-order valence-corrected chi connectivity index (χ0v) is 20.8. The monoisotopic (exact) mass is 490 g/mol. The summed E-state index contributed by atoms with van der Waals surface area (Å²) in [6, 6.07) is 2.13. The molecule has 0 atom stereocenters. The van der Waals surface area contributed by atoms with Gasteiger partial charge in [-0.2, -0.15) is 0 Å². The van der Waals surface area contributed by atoms with Gasteiger partial charge in [0, 0.05) is 27.7 Å². The molecule has 32 heavy (non-hydrogen) atoms. The van der Waals surface area contributed by atoms with Crippen molar-refractivity contribution in [3.05, 3.63) is 32.3 Å². The van der Waals surface area contributed by atoms with Crippen molar-refractivity contribution in [1.29, 1.82) is 0 Å². The molecular formula is C22H26N4O3S3. The molecule has 0 saturated heterocycles. The van der Waals surface area contributed by atoms with Crippen LogP contribution in [0.4, 0.5) is 5.00 Å². The lowest BCUT2D eigenvalue weighted by atomic mass is 10.1. The Morgan fingerprint density at radius 2 is 2.06 bits per heavy atom. The van der Waals surface area contributed by atoms with Crippen LogP contribution < -0.4 is 5.32 Å². The van der Waals surface area contributed by atoms with Crippen molar-refractivity contribution in [2.45, 2.75) is 50.6 Å². The number of rotatable bonds is 7. The minimum atomic E-state index is -0.382. The Kier molecular flexibility index (Phi) is 7.32. The molecule has 4 rings (SSSR count). The Bertz CT molecular complexity index is 1130. The average Bonchev–Trinajstić information content (AvgIpc) is 3.45. The number of aromatic nitrogens is 3. The quantitative estimate of drug-likeness (QED) is 0.286. The van der Waals surface area contributed by atoms with E-state index in [4.69, 9.17) is 4.74 Å². The van der Waals surface area contributed by atoms with Crippen LogP contribution in [0.25, 0.3) is 11.4 Å². The SMILES string of the molecule is CCc1cc(-c2nnc(SCC(=O)Nc3sc4c(c3C(=O)OC)CCCCC4)n2C)cs1. The largest absolute Gasteiger partial charge is 0.465 e. The maximum atomic E-state index is 12.7. The number of esters is 1. The number of amides is 1. The number of fused-ring (bicyclic) bond motifs is 1. The lowest BCUT2D eigenvalue weighted by Crippen LogP contribution is -2.16. The fourth-order valence-corrected chi connectivity index (χ4v) is 6.63. The van der Waals surface area contributed by atoms with Crippen molar-refractivity contribution in [2.24, 2.45) is 7.05 Å². The number of anilines is 1. The molecule has 3 aromatic heterocycles. The van der Waals surface area contributed by atoms with E-state index in [9.17, 15) is 9.59 Å². The van der Waals surface area contributed by atoms with E-state index in [-0.39, 0.29) is 17.6 Å². The van der Waals surface area contributed by atoms with Crippen LogP contribution in [0.5, 0.6) is 0 Å². The van der Waals surface area contributed by atoms with E-state index in [1.807, 2.05) is 11.6 Å². The van der Waals surface area contributed by atoms with Gasteiger partial charge >= 0.3 is 5.97 Å². The molecule has 1 aliphatic rings. The fraction of sp³-hybridized carbons (Fsp3) is 0.455. The van der Waals surface area contributed by atoms with Crippen molar-refractivity contribution in [3.63, 3.8) is 0 Å². The maximum absolute atomic E-state index is 12.7. The van der Waals surface area contributed by atoms with Gasteiger partial charge in [0.2, 0.25) is 5.91 Å². The Morgan fingerprint density at radius 3 is 2.81 bits per heavy atom. The predicted octanol–water partition coefficient (Wildman–Crippen LogP) is 4.95. The minimum Gasteiger partial charge on any atom is -0.465 e. The van der Waals surface area contributed by atoms with Crippen molar-refractivity contribution < 1.29 is 14.3 Å². The van der Waals surface area contributed by atoms with Crippen LogP contribution in [-0.2, 0) is 35.8 Å². The Morgan fingerprint density at radius 1 is 1.25 bits per heavy atom. The van der Waals surface area contributed by atoms with E-state index in [1.54, 1.807) is 11.3 Å². The molecule has 170 valence electrons. The topological polar surface area (TPSA) is 86.1 Å². The van der Waals surface area contributed by atoms with E-state index in [0.29, 0.717) is 15.7 Å². The molecule has 3 heterocycles. The van der Waals surface area contributed by atoms with Gasteiger partial charge in [0.25, 0.3) is 0 Å². The summed E-state index contributed by atoms with van der Waals surface area (Å²) in [6.07, 6.45) is 6.10. The van der Waals surface area contributed by atoms with Crippen molar-refractivity contribution in [1.82, 2.24) is 14.8 Å². The van der Waals surface area contributed by atoms with Crippen molar-refractivity contribution >= 4 is 51.3 Å². The highest BCUT2D eigenvalue weighted by molar-refractivity contribution is 7.99. The number of ether oxygens (including phenoxy) is 1. The van der Waals surface area contributed by atoms with Gasteiger partial charge in [-0.3, -0.25) is 4.79 Å². The van der Waals surface area contributed by atoms with Crippen LogP contribution in [0, 0.1) is 0 Å². The first-order valence-electron chi connectivity index (χ1n) is 10.6. The van der Waals surface area contributed by atoms with Crippen LogP contribution in [-0.4, -0.2) is 39.5 Å². The minimum absolute atomic E-state index is 0.176. The fourth-order valence-electron chi connectivity index (χ4n) is 3.82. The molecule has 0 saturated carbocycles. The van der Waals surface area contributed by atoms with Crippen LogP contribution >= 0.6 is 34.4 Å². The molecule has 3 aromatic rings. The molecule has 1 amide bonds. The smallest absolute Gasteiger partial charge is 0.341 e.